The fraction of sp³-hybridized carbons (Fsp3) is 0.250. The molecule has 1 fully saturated rings. The van der Waals surface area contributed by atoms with E-state index in [0.29, 0.717) is 31.9 Å². The number of para-hydroxylation sites is 1. The van der Waals surface area contributed by atoms with E-state index in [9.17, 15) is 14.0 Å². The number of anilines is 1. The van der Waals surface area contributed by atoms with Crippen LogP contribution in [-0.4, -0.2) is 49.6 Å². The lowest BCUT2D eigenvalue weighted by atomic mass is 10.0. The van der Waals surface area contributed by atoms with Gasteiger partial charge in [-0.25, -0.2) is 4.39 Å². The minimum Gasteiger partial charge on any atom is -0.455 e. The molecule has 0 spiro atoms. The average molecular weight is 406 g/mol. The maximum atomic E-state index is 13.9. The molecule has 0 radical (unpaired) electrons. The Kier molecular flexibility index (Phi) is 5.93. The first-order valence-electron chi connectivity index (χ1n) is 10.0. The monoisotopic (exact) mass is 406 g/mol. The van der Waals surface area contributed by atoms with Gasteiger partial charge in [0.25, 0.3) is 5.91 Å². The van der Waals surface area contributed by atoms with E-state index in [-0.39, 0.29) is 24.8 Å². The van der Waals surface area contributed by atoms with Crippen LogP contribution in [0.3, 0.4) is 0 Å². The first-order valence-corrected chi connectivity index (χ1v) is 10.0. The van der Waals surface area contributed by atoms with E-state index >= 15 is 0 Å². The van der Waals surface area contributed by atoms with E-state index in [2.05, 4.69) is 0 Å². The predicted octanol–water partition coefficient (Wildman–Crippen LogP) is 3.41. The summed E-state index contributed by atoms with van der Waals surface area (Å²) >= 11 is 0. The van der Waals surface area contributed by atoms with Crippen LogP contribution >= 0.6 is 0 Å². The minimum atomic E-state index is -0.426. The molecule has 1 amide bonds. The molecule has 1 heterocycles. The molecule has 0 aliphatic carbocycles. The summed E-state index contributed by atoms with van der Waals surface area (Å²) in [5.41, 5.74) is 1.43. The van der Waals surface area contributed by atoms with Crippen molar-refractivity contribution in [1.82, 2.24) is 4.90 Å². The summed E-state index contributed by atoms with van der Waals surface area (Å²) in [5.74, 6) is -0.918. The highest BCUT2D eigenvalue weighted by Gasteiger charge is 2.23. The predicted molar refractivity (Wildman–Crippen MR) is 114 cm³/mol. The number of piperazine rings is 1. The normalized spacial score (nSPS) is 14.0. The zero-order valence-corrected chi connectivity index (χ0v) is 16.6. The number of esters is 1. The first-order chi connectivity index (χ1) is 14.6. The SMILES string of the molecule is O=C(Cc1cccc2ccccc12)OCC(=O)N1CCN(c2ccccc2F)CC1. The third kappa shape index (κ3) is 4.43. The molecule has 3 aromatic carbocycles. The van der Waals surface area contributed by atoms with Crippen LogP contribution in [-0.2, 0) is 20.7 Å². The van der Waals surface area contributed by atoms with Gasteiger partial charge in [-0.05, 0) is 28.5 Å². The minimum absolute atomic E-state index is 0.121. The summed E-state index contributed by atoms with van der Waals surface area (Å²) in [6, 6.07) is 20.3. The van der Waals surface area contributed by atoms with Gasteiger partial charge in [0.05, 0.1) is 12.1 Å². The summed E-state index contributed by atoms with van der Waals surface area (Å²) < 4.78 is 19.2. The van der Waals surface area contributed by atoms with Gasteiger partial charge in [0.2, 0.25) is 0 Å². The Morgan fingerprint density at radius 1 is 0.867 bits per heavy atom. The van der Waals surface area contributed by atoms with Crippen LogP contribution in [0.4, 0.5) is 10.1 Å². The van der Waals surface area contributed by atoms with Crippen molar-refractivity contribution in [2.75, 3.05) is 37.7 Å². The Morgan fingerprint density at radius 3 is 2.37 bits per heavy atom. The second kappa shape index (κ2) is 8.95. The zero-order chi connectivity index (χ0) is 20.9. The van der Waals surface area contributed by atoms with Crippen molar-refractivity contribution < 1.29 is 18.7 Å². The molecule has 3 aromatic rings. The van der Waals surface area contributed by atoms with Crippen molar-refractivity contribution in [2.45, 2.75) is 6.42 Å². The lowest BCUT2D eigenvalue weighted by Gasteiger charge is -2.36. The van der Waals surface area contributed by atoms with Crippen LogP contribution < -0.4 is 4.90 Å². The Morgan fingerprint density at radius 2 is 1.57 bits per heavy atom. The van der Waals surface area contributed by atoms with Crippen LogP contribution in [0, 0.1) is 5.82 Å². The zero-order valence-electron chi connectivity index (χ0n) is 16.6. The molecule has 5 nitrogen and oxygen atoms in total. The number of fused-ring (bicyclic) bond motifs is 1. The fourth-order valence-corrected chi connectivity index (χ4v) is 3.79. The summed E-state index contributed by atoms with van der Waals surface area (Å²) in [4.78, 5) is 28.3. The molecule has 1 aliphatic heterocycles. The highest BCUT2D eigenvalue weighted by Crippen LogP contribution is 2.21. The molecule has 4 rings (SSSR count). The number of ether oxygens (including phenoxy) is 1. The maximum absolute atomic E-state index is 13.9. The van der Waals surface area contributed by atoms with Gasteiger partial charge in [-0.1, -0.05) is 54.6 Å². The number of benzene rings is 3. The molecule has 1 saturated heterocycles. The van der Waals surface area contributed by atoms with E-state index in [0.717, 1.165) is 16.3 Å². The summed E-state index contributed by atoms with van der Waals surface area (Å²) in [7, 11) is 0. The molecule has 0 N–H and O–H groups in total. The second-order valence-electron chi connectivity index (χ2n) is 7.29. The number of halogens is 1. The molecule has 0 bridgehead atoms. The van der Waals surface area contributed by atoms with Crippen LogP contribution in [0.15, 0.2) is 66.7 Å². The summed E-state index contributed by atoms with van der Waals surface area (Å²) in [6.45, 7) is 1.73. The fourth-order valence-electron chi connectivity index (χ4n) is 3.79. The number of amides is 1. The molecule has 30 heavy (non-hydrogen) atoms. The molecule has 6 heteroatoms. The van der Waals surface area contributed by atoms with E-state index in [1.165, 1.54) is 6.07 Å². The van der Waals surface area contributed by atoms with E-state index in [4.69, 9.17) is 4.74 Å². The second-order valence-corrected chi connectivity index (χ2v) is 7.29. The highest BCUT2D eigenvalue weighted by atomic mass is 19.1. The number of hydrogen-bond donors (Lipinski definition) is 0. The van der Waals surface area contributed by atoms with Crippen molar-refractivity contribution in [1.29, 1.82) is 0 Å². The third-order valence-electron chi connectivity index (χ3n) is 5.40. The number of rotatable bonds is 5. The van der Waals surface area contributed by atoms with Gasteiger partial charge >= 0.3 is 5.97 Å². The average Bonchev–Trinajstić information content (AvgIpc) is 2.78. The summed E-state index contributed by atoms with van der Waals surface area (Å²) in [6.07, 6.45) is 0.121. The smallest absolute Gasteiger partial charge is 0.310 e. The maximum Gasteiger partial charge on any atom is 0.310 e. The Labute approximate surface area is 174 Å². The number of nitrogens with zero attached hydrogens (tertiary/aromatic N) is 2. The van der Waals surface area contributed by atoms with Gasteiger partial charge in [0.15, 0.2) is 6.61 Å². The molecule has 0 saturated carbocycles. The van der Waals surface area contributed by atoms with Gasteiger partial charge < -0.3 is 14.5 Å². The van der Waals surface area contributed by atoms with Crippen molar-refractivity contribution >= 4 is 28.3 Å². The quantitative estimate of drug-likeness (QED) is 0.610. The lowest BCUT2D eigenvalue weighted by Crippen LogP contribution is -2.50. The lowest BCUT2D eigenvalue weighted by molar-refractivity contribution is -0.151. The molecular formula is C24H23FN2O3. The number of carbonyl (C=O) groups excluding carboxylic acids is 2. The largest absolute Gasteiger partial charge is 0.455 e. The topological polar surface area (TPSA) is 49.9 Å². The third-order valence-corrected chi connectivity index (χ3v) is 5.40. The molecular weight excluding hydrogens is 383 g/mol. The molecule has 1 aliphatic rings. The van der Waals surface area contributed by atoms with E-state index in [1.807, 2.05) is 47.4 Å². The van der Waals surface area contributed by atoms with Gasteiger partial charge in [-0.3, -0.25) is 9.59 Å². The Balaban J connectivity index is 1.28. The molecule has 0 unspecified atom stereocenters. The van der Waals surface area contributed by atoms with Crippen LogP contribution in [0.25, 0.3) is 10.8 Å². The molecule has 0 atom stereocenters. The number of hydrogen-bond acceptors (Lipinski definition) is 4. The standard InChI is InChI=1S/C24H23FN2O3/c25-21-10-3-4-11-22(21)26-12-14-27(15-13-26)23(28)17-30-24(29)16-19-8-5-7-18-6-1-2-9-20(18)19/h1-11H,12-17H2. The van der Waals surface area contributed by atoms with Gasteiger partial charge in [-0.15, -0.1) is 0 Å². The molecule has 0 aromatic heterocycles. The van der Waals surface area contributed by atoms with Crippen LogP contribution in [0.2, 0.25) is 0 Å². The molecule has 154 valence electrons. The summed E-state index contributed by atoms with van der Waals surface area (Å²) in [5, 5.41) is 2.07. The van der Waals surface area contributed by atoms with Crippen molar-refractivity contribution in [3.05, 3.63) is 78.1 Å². The van der Waals surface area contributed by atoms with Gasteiger partial charge in [0.1, 0.15) is 5.82 Å². The van der Waals surface area contributed by atoms with Crippen molar-refractivity contribution in [2.24, 2.45) is 0 Å². The highest BCUT2D eigenvalue weighted by molar-refractivity contribution is 5.89. The van der Waals surface area contributed by atoms with Crippen LogP contribution in [0.1, 0.15) is 5.56 Å². The van der Waals surface area contributed by atoms with Crippen LogP contribution in [0.5, 0.6) is 0 Å². The van der Waals surface area contributed by atoms with Crippen molar-refractivity contribution in [3.8, 4) is 0 Å². The van der Waals surface area contributed by atoms with E-state index < -0.39 is 5.97 Å². The van der Waals surface area contributed by atoms with E-state index in [1.54, 1.807) is 23.1 Å². The first kappa shape index (κ1) is 19.9. The number of carbonyl (C=O) groups is 2. The Hall–Kier alpha value is -3.41. The Bertz CT molecular complexity index is 1060. The van der Waals surface area contributed by atoms with Crippen molar-refractivity contribution in [3.63, 3.8) is 0 Å². The van der Waals surface area contributed by atoms with Gasteiger partial charge in [-0.2, -0.15) is 0 Å². The van der Waals surface area contributed by atoms with Gasteiger partial charge in [0, 0.05) is 26.2 Å².